The zero-order valence-corrected chi connectivity index (χ0v) is 11.6. The minimum Gasteiger partial charge on any atom is -0.508 e. The van der Waals surface area contributed by atoms with Crippen molar-refractivity contribution in [2.24, 2.45) is 0 Å². The molecule has 0 saturated heterocycles. The average Bonchev–Trinajstić information content (AvgIpc) is 2.23. The van der Waals surface area contributed by atoms with Crippen molar-refractivity contribution in [1.29, 1.82) is 0 Å². The maximum Gasteiger partial charge on any atom is 0.323 e. The molecule has 0 radical (unpaired) electrons. The second kappa shape index (κ2) is 5.30. The standard InChI is InChI=1S/C14H19NO4/c1-9-7-10(16)5-6-11(9)13(19)15(8-12(17)18)14(2,3)4/h5-7,16H,8H2,1-4H3,(H,17,18). The molecule has 0 spiro atoms. The van der Waals surface area contributed by atoms with Gasteiger partial charge in [0.15, 0.2) is 0 Å². The van der Waals surface area contributed by atoms with E-state index in [-0.39, 0.29) is 18.2 Å². The van der Waals surface area contributed by atoms with E-state index >= 15 is 0 Å². The van der Waals surface area contributed by atoms with E-state index in [2.05, 4.69) is 0 Å². The monoisotopic (exact) mass is 265 g/mol. The number of carboxylic acids is 1. The highest BCUT2D eigenvalue weighted by molar-refractivity contribution is 5.97. The van der Waals surface area contributed by atoms with E-state index < -0.39 is 11.5 Å². The van der Waals surface area contributed by atoms with Crippen LogP contribution in [0.1, 0.15) is 36.7 Å². The van der Waals surface area contributed by atoms with E-state index in [0.717, 1.165) is 0 Å². The second-order valence-corrected chi connectivity index (χ2v) is 5.46. The van der Waals surface area contributed by atoms with Crippen molar-refractivity contribution >= 4 is 11.9 Å². The van der Waals surface area contributed by atoms with Gasteiger partial charge in [-0.15, -0.1) is 0 Å². The lowest BCUT2D eigenvalue weighted by Gasteiger charge is -2.34. The SMILES string of the molecule is Cc1cc(O)ccc1C(=O)N(CC(=O)O)C(C)(C)C. The number of amides is 1. The lowest BCUT2D eigenvalue weighted by molar-refractivity contribution is -0.138. The van der Waals surface area contributed by atoms with Crippen LogP contribution in [0.2, 0.25) is 0 Å². The zero-order chi connectivity index (χ0) is 14.8. The molecule has 0 aliphatic carbocycles. The number of aliphatic carboxylic acids is 1. The molecule has 1 aromatic rings. The van der Waals surface area contributed by atoms with Crippen molar-refractivity contribution in [2.75, 3.05) is 6.54 Å². The van der Waals surface area contributed by atoms with E-state index in [1.807, 2.05) is 0 Å². The van der Waals surface area contributed by atoms with Crippen LogP contribution in [0.5, 0.6) is 5.75 Å². The van der Waals surface area contributed by atoms with E-state index in [4.69, 9.17) is 5.11 Å². The normalized spacial score (nSPS) is 11.2. The Balaban J connectivity index is 3.16. The van der Waals surface area contributed by atoms with Gasteiger partial charge in [-0.3, -0.25) is 9.59 Å². The van der Waals surface area contributed by atoms with E-state index in [1.54, 1.807) is 27.7 Å². The van der Waals surface area contributed by atoms with Crippen molar-refractivity contribution in [2.45, 2.75) is 33.2 Å². The van der Waals surface area contributed by atoms with Gasteiger partial charge in [0.25, 0.3) is 5.91 Å². The predicted octanol–water partition coefficient (Wildman–Crippen LogP) is 2.03. The second-order valence-electron chi connectivity index (χ2n) is 5.46. The van der Waals surface area contributed by atoms with Gasteiger partial charge >= 0.3 is 5.97 Å². The van der Waals surface area contributed by atoms with Crippen LogP contribution in [0.15, 0.2) is 18.2 Å². The Morgan fingerprint density at radius 3 is 2.26 bits per heavy atom. The summed E-state index contributed by atoms with van der Waals surface area (Å²) in [5.74, 6) is -1.33. The highest BCUT2D eigenvalue weighted by Crippen LogP contribution is 2.21. The largest absolute Gasteiger partial charge is 0.508 e. The molecule has 1 rings (SSSR count). The van der Waals surface area contributed by atoms with Crippen LogP contribution in [0.4, 0.5) is 0 Å². The topological polar surface area (TPSA) is 77.8 Å². The van der Waals surface area contributed by atoms with Crippen LogP contribution in [0.25, 0.3) is 0 Å². The lowest BCUT2D eigenvalue weighted by Crippen LogP contribution is -2.48. The van der Waals surface area contributed by atoms with Gasteiger partial charge in [0, 0.05) is 11.1 Å². The first-order chi connectivity index (χ1) is 8.62. The van der Waals surface area contributed by atoms with Crippen molar-refractivity contribution in [1.82, 2.24) is 4.90 Å². The number of hydrogen-bond donors (Lipinski definition) is 2. The summed E-state index contributed by atoms with van der Waals surface area (Å²) >= 11 is 0. The fourth-order valence-electron chi connectivity index (χ4n) is 1.78. The Bertz CT molecular complexity index is 503. The Morgan fingerprint density at radius 1 is 1.26 bits per heavy atom. The molecule has 2 N–H and O–H groups in total. The van der Waals surface area contributed by atoms with Crippen molar-refractivity contribution in [3.63, 3.8) is 0 Å². The third kappa shape index (κ3) is 3.71. The molecular weight excluding hydrogens is 246 g/mol. The first kappa shape index (κ1) is 15.0. The molecule has 0 aliphatic rings. The number of aromatic hydroxyl groups is 1. The van der Waals surface area contributed by atoms with E-state index in [1.165, 1.54) is 23.1 Å². The molecule has 0 atom stereocenters. The number of hydrogen-bond acceptors (Lipinski definition) is 3. The Hall–Kier alpha value is -2.04. The van der Waals surface area contributed by atoms with Gasteiger partial charge in [0.05, 0.1) is 0 Å². The molecule has 0 heterocycles. The molecule has 0 fully saturated rings. The minimum absolute atomic E-state index is 0.0783. The molecule has 5 nitrogen and oxygen atoms in total. The first-order valence-corrected chi connectivity index (χ1v) is 5.96. The molecule has 104 valence electrons. The molecular formula is C14H19NO4. The summed E-state index contributed by atoms with van der Waals surface area (Å²) in [4.78, 5) is 24.6. The number of carbonyl (C=O) groups excluding carboxylic acids is 1. The van der Waals surface area contributed by atoms with Gasteiger partial charge < -0.3 is 15.1 Å². The molecule has 5 heteroatoms. The summed E-state index contributed by atoms with van der Waals surface area (Å²) in [6.07, 6.45) is 0. The van der Waals surface area contributed by atoms with Gasteiger partial charge in [-0.2, -0.15) is 0 Å². The van der Waals surface area contributed by atoms with Crippen LogP contribution >= 0.6 is 0 Å². The van der Waals surface area contributed by atoms with E-state index in [9.17, 15) is 14.7 Å². The van der Waals surface area contributed by atoms with Gasteiger partial charge in [-0.05, 0) is 51.5 Å². The summed E-state index contributed by atoms with van der Waals surface area (Å²) in [6, 6.07) is 4.41. The molecule has 1 aromatic carbocycles. The highest BCUT2D eigenvalue weighted by atomic mass is 16.4. The molecule has 0 saturated carbocycles. The third-order valence-corrected chi connectivity index (χ3v) is 2.79. The van der Waals surface area contributed by atoms with Crippen LogP contribution < -0.4 is 0 Å². The van der Waals surface area contributed by atoms with Crippen LogP contribution in [0.3, 0.4) is 0 Å². The lowest BCUT2D eigenvalue weighted by atomic mass is 10.0. The van der Waals surface area contributed by atoms with Crippen LogP contribution in [-0.2, 0) is 4.79 Å². The van der Waals surface area contributed by atoms with Gasteiger partial charge in [0.2, 0.25) is 0 Å². The van der Waals surface area contributed by atoms with Gasteiger partial charge in [-0.1, -0.05) is 0 Å². The van der Waals surface area contributed by atoms with Crippen molar-refractivity contribution in [3.8, 4) is 5.75 Å². The molecule has 0 aromatic heterocycles. The quantitative estimate of drug-likeness (QED) is 0.876. The molecule has 0 aliphatic heterocycles. The van der Waals surface area contributed by atoms with Crippen molar-refractivity contribution in [3.05, 3.63) is 29.3 Å². The fraction of sp³-hybridized carbons (Fsp3) is 0.429. The number of carbonyl (C=O) groups is 2. The number of aryl methyl sites for hydroxylation is 1. The molecule has 0 unspecified atom stereocenters. The maximum absolute atomic E-state index is 12.4. The van der Waals surface area contributed by atoms with Crippen LogP contribution in [0, 0.1) is 6.92 Å². The van der Waals surface area contributed by atoms with Gasteiger partial charge in [0.1, 0.15) is 12.3 Å². The summed E-state index contributed by atoms with van der Waals surface area (Å²) < 4.78 is 0. The average molecular weight is 265 g/mol. The Labute approximate surface area is 112 Å². The Morgan fingerprint density at radius 2 is 1.84 bits per heavy atom. The smallest absolute Gasteiger partial charge is 0.323 e. The summed E-state index contributed by atoms with van der Waals surface area (Å²) in [5, 5.41) is 18.3. The number of nitrogens with zero attached hydrogens (tertiary/aromatic N) is 1. The van der Waals surface area contributed by atoms with Gasteiger partial charge in [-0.25, -0.2) is 0 Å². The fourth-order valence-corrected chi connectivity index (χ4v) is 1.78. The highest BCUT2D eigenvalue weighted by Gasteiger charge is 2.29. The summed E-state index contributed by atoms with van der Waals surface area (Å²) in [6.45, 7) is 6.69. The summed E-state index contributed by atoms with van der Waals surface area (Å²) in [7, 11) is 0. The number of phenols is 1. The first-order valence-electron chi connectivity index (χ1n) is 5.96. The molecule has 19 heavy (non-hydrogen) atoms. The number of benzene rings is 1. The summed E-state index contributed by atoms with van der Waals surface area (Å²) in [5.41, 5.74) is 0.415. The number of phenolic OH excluding ortho intramolecular Hbond substituents is 1. The number of rotatable bonds is 3. The zero-order valence-electron chi connectivity index (χ0n) is 11.6. The predicted molar refractivity (Wildman–Crippen MR) is 71.3 cm³/mol. The molecule has 0 bridgehead atoms. The van der Waals surface area contributed by atoms with Crippen molar-refractivity contribution < 1.29 is 19.8 Å². The third-order valence-electron chi connectivity index (χ3n) is 2.79. The van der Waals surface area contributed by atoms with E-state index in [0.29, 0.717) is 11.1 Å². The Kier molecular flexibility index (Phi) is 4.19. The maximum atomic E-state index is 12.4. The molecule has 1 amide bonds. The minimum atomic E-state index is -1.06. The number of carboxylic acid groups (broad SMARTS) is 1. The van der Waals surface area contributed by atoms with Crippen LogP contribution in [-0.4, -0.2) is 39.1 Å².